The van der Waals surface area contributed by atoms with Crippen LogP contribution in [-0.2, 0) is 24.5 Å². The van der Waals surface area contributed by atoms with Gasteiger partial charge in [-0.05, 0) is 23.4 Å². The quantitative estimate of drug-likeness (QED) is 0.434. The first-order chi connectivity index (χ1) is 14.8. The number of hydrogen-bond acceptors (Lipinski definition) is 6. The first kappa shape index (κ1) is 18.7. The molecule has 0 saturated heterocycles. The lowest BCUT2D eigenvalue weighted by Gasteiger charge is -2.06. The van der Waals surface area contributed by atoms with E-state index >= 15 is 0 Å². The second-order valence-corrected chi connectivity index (χ2v) is 7.90. The molecule has 0 aliphatic heterocycles. The van der Waals surface area contributed by atoms with Crippen LogP contribution < -0.4 is 5.69 Å². The molecule has 4 aromatic heterocycles. The minimum atomic E-state index is -0.184. The fraction of sp³-hybridized carbons (Fsp3) is 0.238. The summed E-state index contributed by atoms with van der Waals surface area (Å²) in [5.74, 6) is 1.20. The molecule has 0 aliphatic rings. The van der Waals surface area contributed by atoms with Crippen molar-refractivity contribution in [1.29, 1.82) is 0 Å². The number of thiophene rings is 1. The van der Waals surface area contributed by atoms with Gasteiger partial charge < -0.3 is 9.72 Å². The smallest absolute Gasteiger partial charge is 0.337 e. The summed E-state index contributed by atoms with van der Waals surface area (Å²) in [6, 6.07) is 13.8. The van der Waals surface area contributed by atoms with Gasteiger partial charge in [-0.15, -0.1) is 21.5 Å². The van der Waals surface area contributed by atoms with Crippen LogP contribution in [0.15, 0.2) is 52.6 Å². The zero-order valence-corrected chi connectivity index (χ0v) is 17.2. The summed E-state index contributed by atoms with van der Waals surface area (Å²) in [4.78, 5) is 22.1. The number of hydrogen-bond donors (Lipinski definition) is 1. The highest BCUT2D eigenvalue weighted by atomic mass is 32.1. The zero-order valence-electron chi connectivity index (χ0n) is 16.4. The number of fused-ring (bicyclic) bond motifs is 3. The number of aromatic amines is 1. The van der Waals surface area contributed by atoms with Gasteiger partial charge in [-0.3, -0.25) is 4.57 Å². The number of benzene rings is 1. The van der Waals surface area contributed by atoms with E-state index in [1.807, 2.05) is 54.8 Å². The predicted octanol–water partition coefficient (Wildman–Crippen LogP) is 3.62. The van der Waals surface area contributed by atoms with Gasteiger partial charge in [-0.1, -0.05) is 43.3 Å². The van der Waals surface area contributed by atoms with E-state index in [9.17, 15) is 4.79 Å². The van der Waals surface area contributed by atoms with Crippen LogP contribution in [0.25, 0.3) is 27.5 Å². The van der Waals surface area contributed by atoms with Gasteiger partial charge in [0.25, 0.3) is 0 Å². The Kier molecular flexibility index (Phi) is 4.89. The summed E-state index contributed by atoms with van der Waals surface area (Å²) in [6.45, 7) is 3.39. The van der Waals surface area contributed by atoms with Gasteiger partial charge in [0.05, 0.1) is 11.5 Å². The largest absolute Gasteiger partial charge is 0.369 e. The number of H-pyrrole nitrogens is 1. The van der Waals surface area contributed by atoms with Crippen LogP contribution in [0, 0.1) is 0 Å². The zero-order chi connectivity index (χ0) is 20.5. The van der Waals surface area contributed by atoms with Crippen LogP contribution in [0.5, 0.6) is 0 Å². The lowest BCUT2D eigenvalue weighted by atomic mass is 10.2. The van der Waals surface area contributed by atoms with E-state index in [1.165, 1.54) is 11.3 Å². The summed E-state index contributed by atoms with van der Waals surface area (Å²) in [6.07, 6.45) is 0.809. The third-order valence-electron chi connectivity index (χ3n) is 4.84. The minimum absolute atomic E-state index is 0.184. The van der Waals surface area contributed by atoms with Crippen molar-refractivity contribution in [3.63, 3.8) is 0 Å². The van der Waals surface area contributed by atoms with E-state index in [4.69, 9.17) is 4.74 Å². The van der Waals surface area contributed by atoms with Crippen LogP contribution in [-0.4, -0.2) is 29.1 Å². The van der Waals surface area contributed by atoms with Crippen LogP contribution in [0.4, 0.5) is 0 Å². The fourth-order valence-corrected chi connectivity index (χ4v) is 4.20. The van der Waals surface area contributed by atoms with Gasteiger partial charge in [-0.25, -0.2) is 14.2 Å². The molecule has 0 atom stereocenters. The van der Waals surface area contributed by atoms with Crippen molar-refractivity contribution in [1.82, 2.24) is 29.1 Å². The van der Waals surface area contributed by atoms with Crippen molar-refractivity contribution in [3.05, 3.63) is 69.7 Å². The molecule has 5 rings (SSSR count). The summed E-state index contributed by atoms with van der Waals surface area (Å²) in [5.41, 5.74) is 2.66. The number of imidazole rings is 1. The standard InChI is InChI=1S/C21H20N6O2S/c1-2-10-26-19-17(22-16(23-19)13-29-12-14-7-4-3-5-8-14)20-25-24-18(27(20)21(26)28)15-9-6-11-30-15/h3-9,11H,2,10,12-13H2,1H3,(H,22,23). The van der Waals surface area contributed by atoms with Crippen molar-refractivity contribution in [2.45, 2.75) is 33.1 Å². The van der Waals surface area contributed by atoms with Crippen molar-refractivity contribution in [3.8, 4) is 10.7 Å². The second kappa shape index (κ2) is 7.85. The average molecular weight is 420 g/mol. The van der Waals surface area contributed by atoms with Crippen LogP contribution in [0.2, 0.25) is 0 Å². The molecular weight excluding hydrogens is 400 g/mol. The molecule has 9 heteroatoms. The third kappa shape index (κ3) is 3.21. The summed E-state index contributed by atoms with van der Waals surface area (Å²) in [5, 5.41) is 10.5. The van der Waals surface area contributed by atoms with Crippen molar-refractivity contribution in [2.24, 2.45) is 0 Å². The maximum atomic E-state index is 13.3. The lowest BCUT2D eigenvalue weighted by molar-refractivity contribution is 0.102. The maximum absolute atomic E-state index is 13.3. The van der Waals surface area contributed by atoms with Gasteiger partial charge in [0.15, 0.2) is 17.1 Å². The molecule has 5 aromatic rings. The van der Waals surface area contributed by atoms with Gasteiger partial charge in [0.2, 0.25) is 0 Å². The normalized spacial score (nSPS) is 11.6. The molecule has 152 valence electrons. The molecule has 0 aliphatic carbocycles. The van der Waals surface area contributed by atoms with E-state index in [2.05, 4.69) is 20.2 Å². The highest BCUT2D eigenvalue weighted by molar-refractivity contribution is 7.13. The number of rotatable bonds is 7. The first-order valence-corrected chi connectivity index (χ1v) is 10.7. The van der Waals surface area contributed by atoms with Crippen LogP contribution in [0.1, 0.15) is 24.7 Å². The topological polar surface area (TPSA) is 90.1 Å². The molecule has 1 aromatic carbocycles. The predicted molar refractivity (Wildman–Crippen MR) is 115 cm³/mol. The molecule has 1 N–H and O–H groups in total. The van der Waals surface area contributed by atoms with Gasteiger partial charge in [0.1, 0.15) is 17.9 Å². The highest BCUT2D eigenvalue weighted by Gasteiger charge is 2.20. The van der Waals surface area contributed by atoms with Crippen molar-refractivity contribution >= 4 is 28.1 Å². The Morgan fingerprint density at radius 2 is 1.93 bits per heavy atom. The third-order valence-corrected chi connectivity index (χ3v) is 5.70. The number of nitrogens with zero attached hydrogens (tertiary/aromatic N) is 5. The molecular formula is C21H20N6O2S. The summed E-state index contributed by atoms with van der Waals surface area (Å²) in [7, 11) is 0. The Morgan fingerprint density at radius 1 is 1.07 bits per heavy atom. The number of aromatic nitrogens is 6. The number of ether oxygens (including phenoxy) is 1. The molecule has 0 radical (unpaired) electrons. The van der Waals surface area contributed by atoms with E-state index in [1.54, 1.807) is 8.97 Å². The Bertz CT molecular complexity index is 1350. The molecule has 0 bridgehead atoms. The molecule has 0 spiro atoms. The monoisotopic (exact) mass is 420 g/mol. The summed E-state index contributed by atoms with van der Waals surface area (Å²) >= 11 is 1.53. The van der Waals surface area contributed by atoms with E-state index < -0.39 is 0 Å². The fourth-order valence-electron chi connectivity index (χ4n) is 3.50. The minimum Gasteiger partial charge on any atom is -0.369 e. The molecule has 4 heterocycles. The molecule has 8 nitrogen and oxygen atoms in total. The van der Waals surface area contributed by atoms with Crippen molar-refractivity contribution in [2.75, 3.05) is 0 Å². The summed E-state index contributed by atoms with van der Waals surface area (Å²) < 4.78 is 9.07. The molecule has 0 saturated carbocycles. The number of nitrogens with one attached hydrogen (secondary N) is 1. The molecule has 30 heavy (non-hydrogen) atoms. The second-order valence-electron chi connectivity index (χ2n) is 6.95. The van der Waals surface area contributed by atoms with E-state index in [-0.39, 0.29) is 5.69 Å². The van der Waals surface area contributed by atoms with Gasteiger partial charge in [0, 0.05) is 6.54 Å². The van der Waals surface area contributed by atoms with E-state index in [0.29, 0.717) is 48.2 Å². The molecule has 0 amide bonds. The molecule has 0 unspecified atom stereocenters. The Hall–Kier alpha value is -3.30. The van der Waals surface area contributed by atoms with Crippen molar-refractivity contribution < 1.29 is 4.74 Å². The van der Waals surface area contributed by atoms with Gasteiger partial charge in [-0.2, -0.15) is 0 Å². The van der Waals surface area contributed by atoms with Gasteiger partial charge >= 0.3 is 5.69 Å². The average Bonchev–Trinajstić information content (AvgIpc) is 3.50. The van der Waals surface area contributed by atoms with E-state index in [0.717, 1.165) is 16.9 Å². The highest BCUT2D eigenvalue weighted by Crippen LogP contribution is 2.25. The SMILES string of the molecule is CCCn1c(=O)n2c(-c3cccs3)nnc2c2[nH]c(COCc3ccccc3)nc21. The Morgan fingerprint density at radius 3 is 2.70 bits per heavy atom. The lowest BCUT2D eigenvalue weighted by Crippen LogP contribution is -2.27. The van der Waals surface area contributed by atoms with Crippen LogP contribution >= 0.6 is 11.3 Å². The number of aryl methyl sites for hydroxylation is 1. The Balaban J connectivity index is 1.57. The first-order valence-electron chi connectivity index (χ1n) is 9.78. The maximum Gasteiger partial charge on any atom is 0.337 e. The molecule has 0 fully saturated rings. The van der Waals surface area contributed by atoms with Crippen LogP contribution in [0.3, 0.4) is 0 Å². The Labute approximate surface area is 175 Å².